The topological polar surface area (TPSA) is 22.1 Å². The van der Waals surface area contributed by atoms with E-state index in [0.29, 0.717) is 0 Å². The van der Waals surface area contributed by atoms with Crippen LogP contribution in [-0.4, -0.2) is 12.1 Å². The lowest BCUT2D eigenvalue weighted by molar-refractivity contribution is 0.415. The maximum atomic E-state index is 5.22. The molecule has 82 valence electrons. The van der Waals surface area contributed by atoms with Gasteiger partial charge in [0.15, 0.2) is 0 Å². The van der Waals surface area contributed by atoms with E-state index in [0.717, 1.165) is 22.2 Å². The predicted octanol–water partition coefficient (Wildman–Crippen LogP) is 3.70. The fraction of sp³-hybridized carbons (Fsp3) is 0.308. The van der Waals surface area contributed by atoms with Crippen LogP contribution < -0.4 is 4.74 Å². The zero-order valence-electron chi connectivity index (χ0n) is 9.14. The summed E-state index contributed by atoms with van der Waals surface area (Å²) in [5.41, 5.74) is 2.42. The molecule has 0 unspecified atom stereocenters. The van der Waals surface area contributed by atoms with Gasteiger partial charge < -0.3 is 4.74 Å². The highest BCUT2D eigenvalue weighted by Crippen LogP contribution is 2.41. The molecule has 2 nitrogen and oxygen atoms in total. The third-order valence-electron chi connectivity index (χ3n) is 2.83. The molecule has 1 heterocycles. The van der Waals surface area contributed by atoms with Gasteiger partial charge >= 0.3 is 0 Å². The van der Waals surface area contributed by atoms with Crippen LogP contribution in [0.15, 0.2) is 29.6 Å². The first-order valence-corrected chi connectivity index (χ1v) is 6.34. The van der Waals surface area contributed by atoms with Gasteiger partial charge in [-0.05, 0) is 25.0 Å². The Labute approximate surface area is 98.9 Å². The van der Waals surface area contributed by atoms with Gasteiger partial charge in [0, 0.05) is 16.9 Å². The van der Waals surface area contributed by atoms with Gasteiger partial charge in [0.05, 0.1) is 12.8 Å². The zero-order chi connectivity index (χ0) is 11.0. The summed E-state index contributed by atoms with van der Waals surface area (Å²) >= 11 is 1.72. The van der Waals surface area contributed by atoms with Gasteiger partial charge in [0.2, 0.25) is 0 Å². The average Bonchev–Trinajstić information content (AvgIpc) is 3.07. The predicted molar refractivity (Wildman–Crippen MR) is 66.1 cm³/mol. The van der Waals surface area contributed by atoms with Gasteiger partial charge in [-0.25, -0.2) is 4.98 Å². The van der Waals surface area contributed by atoms with Gasteiger partial charge in [0.25, 0.3) is 0 Å². The molecular formula is C13H13NOS. The first-order chi connectivity index (χ1) is 7.86. The summed E-state index contributed by atoms with van der Waals surface area (Å²) in [4.78, 5) is 4.68. The van der Waals surface area contributed by atoms with Crippen LogP contribution in [0.2, 0.25) is 0 Å². The Morgan fingerprint density at radius 1 is 1.38 bits per heavy atom. The van der Waals surface area contributed by atoms with Crippen molar-refractivity contribution in [3.05, 3.63) is 35.3 Å². The number of methoxy groups -OCH3 is 1. The summed E-state index contributed by atoms with van der Waals surface area (Å²) in [6, 6.07) is 8.08. The third-order valence-corrected chi connectivity index (χ3v) is 3.74. The van der Waals surface area contributed by atoms with Crippen LogP contribution in [0.25, 0.3) is 10.6 Å². The van der Waals surface area contributed by atoms with Gasteiger partial charge in [0.1, 0.15) is 10.8 Å². The molecule has 1 fully saturated rings. The zero-order valence-corrected chi connectivity index (χ0v) is 9.96. The Morgan fingerprint density at radius 2 is 2.25 bits per heavy atom. The van der Waals surface area contributed by atoms with Gasteiger partial charge in [-0.3, -0.25) is 0 Å². The van der Waals surface area contributed by atoms with Crippen LogP contribution in [0, 0.1) is 0 Å². The Kier molecular flexibility index (Phi) is 2.40. The number of hydrogen-bond acceptors (Lipinski definition) is 3. The molecule has 1 aliphatic rings. The van der Waals surface area contributed by atoms with E-state index in [9.17, 15) is 0 Å². The Balaban J connectivity index is 1.93. The van der Waals surface area contributed by atoms with Crippen molar-refractivity contribution in [2.75, 3.05) is 7.11 Å². The molecule has 0 saturated heterocycles. The van der Waals surface area contributed by atoms with E-state index in [-0.39, 0.29) is 0 Å². The van der Waals surface area contributed by atoms with Crippen molar-refractivity contribution in [1.82, 2.24) is 4.98 Å². The van der Waals surface area contributed by atoms with Gasteiger partial charge in [-0.1, -0.05) is 12.1 Å². The summed E-state index contributed by atoms with van der Waals surface area (Å²) < 4.78 is 5.22. The molecule has 0 aliphatic heterocycles. The van der Waals surface area contributed by atoms with E-state index in [1.165, 1.54) is 18.5 Å². The van der Waals surface area contributed by atoms with Crippen molar-refractivity contribution in [2.24, 2.45) is 0 Å². The molecule has 0 atom stereocenters. The van der Waals surface area contributed by atoms with Crippen LogP contribution in [0.5, 0.6) is 5.75 Å². The number of rotatable bonds is 3. The van der Waals surface area contributed by atoms with E-state index in [2.05, 4.69) is 16.4 Å². The van der Waals surface area contributed by atoms with Crippen LogP contribution >= 0.6 is 11.3 Å². The first kappa shape index (κ1) is 9.85. The second-order valence-corrected chi connectivity index (χ2v) is 4.94. The van der Waals surface area contributed by atoms with Crippen LogP contribution in [0.3, 0.4) is 0 Å². The lowest BCUT2D eigenvalue weighted by atomic mass is 10.2. The van der Waals surface area contributed by atoms with Crippen molar-refractivity contribution >= 4 is 11.3 Å². The number of nitrogens with zero attached hydrogens (tertiary/aromatic N) is 1. The summed E-state index contributed by atoms with van der Waals surface area (Å²) in [6.07, 6.45) is 2.61. The molecule has 1 aromatic heterocycles. The minimum absolute atomic E-state index is 0.732. The third kappa shape index (κ3) is 1.83. The molecular weight excluding hydrogens is 218 g/mol. The Bertz CT molecular complexity index is 502. The van der Waals surface area contributed by atoms with Crippen molar-refractivity contribution < 1.29 is 4.74 Å². The maximum Gasteiger partial charge on any atom is 0.123 e. The second kappa shape index (κ2) is 3.91. The number of aromatic nitrogens is 1. The molecule has 1 aliphatic carbocycles. The van der Waals surface area contributed by atoms with Crippen LogP contribution in [-0.2, 0) is 0 Å². The second-order valence-electron chi connectivity index (χ2n) is 4.08. The molecule has 16 heavy (non-hydrogen) atoms. The highest BCUT2D eigenvalue weighted by atomic mass is 32.1. The lowest BCUT2D eigenvalue weighted by Crippen LogP contribution is -1.84. The molecule has 0 N–H and O–H groups in total. The minimum Gasteiger partial charge on any atom is -0.497 e. The Morgan fingerprint density at radius 3 is 3.00 bits per heavy atom. The van der Waals surface area contributed by atoms with E-state index < -0.39 is 0 Å². The van der Waals surface area contributed by atoms with Crippen LogP contribution in [0.1, 0.15) is 24.5 Å². The number of benzene rings is 1. The number of hydrogen-bond donors (Lipinski definition) is 0. The number of thiazole rings is 1. The van der Waals surface area contributed by atoms with E-state index in [1.54, 1.807) is 18.4 Å². The van der Waals surface area contributed by atoms with Gasteiger partial charge in [-0.15, -0.1) is 11.3 Å². The van der Waals surface area contributed by atoms with Crippen molar-refractivity contribution in [2.45, 2.75) is 18.8 Å². The van der Waals surface area contributed by atoms with E-state index in [1.807, 2.05) is 18.2 Å². The smallest absolute Gasteiger partial charge is 0.123 e. The summed E-state index contributed by atoms with van der Waals surface area (Å²) in [5.74, 6) is 1.62. The maximum absolute atomic E-state index is 5.22. The number of ether oxygens (including phenoxy) is 1. The summed E-state index contributed by atoms with van der Waals surface area (Å²) in [7, 11) is 1.69. The van der Waals surface area contributed by atoms with E-state index in [4.69, 9.17) is 4.74 Å². The highest BCUT2D eigenvalue weighted by Gasteiger charge is 2.26. The minimum atomic E-state index is 0.732. The SMILES string of the molecule is COc1cccc(-c2nc(C3CC3)cs2)c1. The summed E-state index contributed by atoms with van der Waals surface area (Å²) in [5, 5.41) is 3.28. The molecule has 3 rings (SSSR count). The molecule has 0 bridgehead atoms. The van der Waals surface area contributed by atoms with Gasteiger partial charge in [-0.2, -0.15) is 0 Å². The van der Waals surface area contributed by atoms with Crippen molar-refractivity contribution in [3.8, 4) is 16.3 Å². The highest BCUT2D eigenvalue weighted by molar-refractivity contribution is 7.13. The monoisotopic (exact) mass is 231 g/mol. The van der Waals surface area contributed by atoms with Crippen molar-refractivity contribution in [3.63, 3.8) is 0 Å². The largest absolute Gasteiger partial charge is 0.497 e. The van der Waals surface area contributed by atoms with Crippen LogP contribution in [0.4, 0.5) is 0 Å². The first-order valence-electron chi connectivity index (χ1n) is 5.46. The fourth-order valence-electron chi connectivity index (χ4n) is 1.74. The fourth-order valence-corrected chi connectivity index (χ4v) is 2.64. The quantitative estimate of drug-likeness (QED) is 0.803. The molecule has 3 heteroatoms. The molecule has 1 saturated carbocycles. The van der Waals surface area contributed by atoms with Crippen molar-refractivity contribution in [1.29, 1.82) is 0 Å². The summed E-state index contributed by atoms with van der Waals surface area (Å²) in [6.45, 7) is 0. The standard InChI is InChI=1S/C13H13NOS/c1-15-11-4-2-3-10(7-11)13-14-12(8-16-13)9-5-6-9/h2-4,7-9H,5-6H2,1H3. The molecule has 2 aromatic rings. The van der Waals surface area contributed by atoms with E-state index >= 15 is 0 Å². The molecule has 0 spiro atoms. The molecule has 0 amide bonds. The lowest BCUT2D eigenvalue weighted by Gasteiger charge is -2.01. The molecule has 0 radical (unpaired) electrons. The normalized spacial score (nSPS) is 15.1. The Hall–Kier alpha value is -1.35. The molecule has 1 aromatic carbocycles. The average molecular weight is 231 g/mol.